The summed E-state index contributed by atoms with van der Waals surface area (Å²) >= 11 is 0. The van der Waals surface area contributed by atoms with Crippen LogP contribution in [0, 0.1) is 0 Å². The molecule has 1 aliphatic heterocycles. The molecule has 0 aromatic heterocycles. The maximum Gasteiger partial charge on any atom is 0.124 e. The first-order valence-corrected chi connectivity index (χ1v) is 4.51. The first-order valence-electron chi connectivity index (χ1n) is 4.51. The Morgan fingerprint density at radius 1 is 1.62 bits per heavy atom. The smallest absolute Gasteiger partial charge is 0.124 e. The molecule has 0 N–H and O–H groups in total. The first kappa shape index (κ1) is 8.30. The molecule has 0 spiro atoms. The highest BCUT2D eigenvalue weighted by Gasteiger charge is 2.22. The van der Waals surface area contributed by atoms with Crippen molar-refractivity contribution in [1.82, 2.24) is 0 Å². The lowest BCUT2D eigenvalue weighted by atomic mass is 9.96. The average Bonchev–Trinajstić information content (AvgIpc) is 2.50. The van der Waals surface area contributed by atoms with Crippen LogP contribution in [0.15, 0.2) is 18.2 Å². The van der Waals surface area contributed by atoms with Crippen LogP contribution in [0.5, 0.6) is 5.75 Å². The Kier molecular flexibility index (Phi) is 2.05. The number of carbonyl (C=O) groups is 1. The number of benzene rings is 1. The fourth-order valence-electron chi connectivity index (χ4n) is 1.84. The number of hydrogen-bond acceptors (Lipinski definition) is 2. The molecule has 0 fully saturated rings. The fourth-order valence-corrected chi connectivity index (χ4v) is 1.84. The van der Waals surface area contributed by atoms with Gasteiger partial charge in [0, 0.05) is 17.9 Å². The van der Waals surface area contributed by atoms with Crippen molar-refractivity contribution in [1.29, 1.82) is 0 Å². The largest absolute Gasteiger partial charge is 0.493 e. The van der Waals surface area contributed by atoms with E-state index in [0.717, 1.165) is 24.2 Å². The minimum Gasteiger partial charge on any atom is -0.493 e. The number of hydrogen-bond donors (Lipinski definition) is 0. The summed E-state index contributed by atoms with van der Waals surface area (Å²) in [4.78, 5) is 10.4. The van der Waals surface area contributed by atoms with Gasteiger partial charge in [0.25, 0.3) is 0 Å². The van der Waals surface area contributed by atoms with Crippen LogP contribution in [0.25, 0.3) is 0 Å². The molecule has 1 aromatic rings. The second kappa shape index (κ2) is 3.21. The van der Waals surface area contributed by atoms with Crippen LogP contribution >= 0.6 is 0 Å². The van der Waals surface area contributed by atoms with E-state index in [0.29, 0.717) is 12.3 Å². The van der Waals surface area contributed by atoms with Gasteiger partial charge in [-0.15, -0.1) is 0 Å². The van der Waals surface area contributed by atoms with Gasteiger partial charge in [-0.25, -0.2) is 0 Å². The molecular weight excluding hydrogens is 164 g/mol. The van der Waals surface area contributed by atoms with E-state index in [1.165, 1.54) is 5.56 Å². The molecule has 1 aromatic carbocycles. The summed E-state index contributed by atoms with van der Waals surface area (Å²) in [7, 11) is 0. The van der Waals surface area contributed by atoms with E-state index >= 15 is 0 Å². The van der Waals surface area contributed by atoms with E-state index in [1.54, 1.807) is 0 Å². The molecule has 68 valence electrons. The van der Waals surface area contributed by atoms with Crippen LogP contribution in [0.3, 0.4) is 0 Å². The highest BCUT2D eigenvalue weighted by Crippen LogP contribution is 2.35. The summed E-state index contributed by atoms with van der Waals surface area (Å²) in [6, 6.07) is 5.90. The van der Waals surface area contributed by atoms with Crippen molar-refractivity contribution < 1.29 is 9.53 Å². The molecule has 0 amide bonds. The van der Waals surface area contributed by atoms with Crippen molar-refractivity contribution in [3.63, 3.8) is 0 Å². The van der Waals surface area contributed by atoms with Crippen molar-refractivity contribution in [2.45, 2.75) is 19.3 Å². The van der Waals surface area contributed by atoms with Gasteiger partial charge in [0.15, 0.2) is 0 Å². The predicted molar refractivity (Wildman–Crippen MR) is 50.1 cm³/mol. The summed E-state index contributed by atoms with van der Waals surface area (Å²) in [5, 5.41) is 0. The molecule has 0 saturated carbocycles. The first-order chi connectivity index (χ1) is 6.33. The van der Waals surface area contributed by atoms with Crippen LogP contribution in [-0.4, -0.2) is 12.9 Å². The zero-order chi connectivity index (χ0) is 9.26. The minimum atomic E-state index is 0.422. The lowest BCUT2D eigenvalue weighted by molar-refractivity contribution is -0.107. The van der Waals surface area contributed by atoms with Crippen LogP contribution in [0.2, 0.25) is 0 Å². The molecule has 1 aliphatic rings. The van der Waals surface area contributed by atoms with Gasteiger partial charge < -0.3 is 9.53 Å². The zero-order valence-electron chi connectivity index (χ0n) is 7.62. The third-order valence-electron chi connectivity index (χ3n) is 2.44. The Labute approximate surface area is 77.5 Å². The fraction of sp³-hybridized carbons (Fsp3) is 0.364. The van der Waals surface area contributed by atoms with Crippen LogP contribution in [-0.2, 0) is 11.2 Å². The second-order valence-electron chi connectivity index (χ2n) is 3.41. The normalized spacial score (nSPS) is 19.3. The van der Waals surface area contributed by atoms with Gasteiger partial charge in [0.05, 0.1) is 6.61 Å². The quantitative estimate of drug-likeness (QED) is 0.643. The molecule has 0 radical (unpaired) electrons. The Hall–Kier alpha value is -1.31. The van der Waals surface area contributed by atoms with Crippen molar-refractivity contribution in [2.24, 2.45) is 0 Å². The summed E-state index contributed by atoms with van der Waals surface area (Å²) in [6.45, 7) is 2.87. The van der Waals surface area contributed by atoms with E-state index in [2.05, 4.69) is 6.92 Å². The lowest BCUT2D eigenvalue weighted by Gasteiger charge is -2.05. The van der Waals surface area contributed by atoms with Crippen LogP contribution in [0.4, 0.5) is 0 Å². The molecule has 1 heterocycles. The summed E-state index contributed by atoms with van der Waals surface area (Å²) in [6.07, 6.45) is 1.44. The molecular formula is C11H12O2. The monoisotopic (exact) mass is 176 g/mol. The van der Waals surface area contributed by atoms with Gasteiger partial charge in [0.1, 0.15) is 12.0 Å². The van der Waals surface area contributed by atoms with Gasteiger partial charge in [-0.2, -0.15) is 0 Å². The van der Waals surface area contributed by atoms with Crippen molar-refractivity contribution >= 4 is 6.29 Å². The lowest BCUT2D eigenvalue weighted by Crippen LogP contribution is -1.97. The number of carbonyl (C=O) groups excluding carboxylic acids is 1. The maximum absolute atomic E-state index is 10.4. The highest BCUT2D eigenvalue weighted by molar-refractivity contribution is 5.59. The van der Waals surface area contributed by atoms with Crippen LogP contribution in [0.1, 0.15) is 24.0 Å². The SMILES string of the molecule is CC1COc2cccc(CC=O)c21. The van der Waals surface area contributed by atoms with Gasteiger partial charge >= 0.3 is 0 Å². The molecule has 2 nitrogen and oxygen atoms in total. The van der Waals surface area contributed by atoms with Gasteiger partial charge in [0.2, 0.25) is 0 Å². The summed E-state index contributed by atoms with van der Waals surface area (Å²) in [5.74, 6) is 1.37. The van der Waals surface area contributed by atoms with Gasteiger partial charge in [-0.1, -0.05) is 19.1 Å². The number of fused-ring (bicyclic) bond motifs is 1. The van der Waals surface area contributed by atoms with Crippen molar-refractivity contribution in [3.8, 4) is 5.75 Å². The molecule has 13 heavy (non-hydrogen) atoms. The van der Waals surface area contributed by atoms with Crippen LogP contribution < -0.4 is 4.74 Å². The van der Waals surface area contributed by atoms with E-state index in [9.17, 15) is 4.79 Å². The second-order valence-corrected chi connectivity index (χ2v) is 3.41. The van der Waals surface area contributed by atoms with Crippen molar-refractivity contribution in [3.05, 3.63) is 29.3 Å². The van der Waals surface area contributed by atoms with E-state index in [4.69, 9.17) is 4.74 Å². The minimum absolute atomic E-state index is 0.422. The summed E-state index contributed by atoms with van der Waals surface area (Å²) in [5.41, 5.74) is 2.33. The van der Waals surface area contributed by atoms with Gasteiger partial charge in [-0.3, -0.25) is 0 Å². The van der Waals surface area contributed by atoms with E-state index in [1.807, 2.05) is 18.2 Å². The molecule has 2 heteroatoms. The molecule has 0 saturated heterocycles. The molecule has 1 atom stereocenters. The highest BCUT2D eigenvalue weighted by atomic mass is 16.5. The Bertz CT molecular complexity index is 331. The zero-order valence-corrected chi connectivity index (χ0v) is 7.62. The molecule has 0 bridgehead atoms. The molecule has 1 unspecified atom stereocenters. The Balaban J connectivity index is 2.46. The molecule has 0 aliphatic carbocycles. The Morgan fingerprint density at radius 2 is 2.46 bits per heavy atom. The number of ether oxygens (including phenoxy) is 1. The predicted octanol–water partition coefficient (Wildman–Crippen LogP) is 1.92. The summed E-state index contributed by atoms with van der Waals surface area (Å²) < 4.78 is 5.48. The van der Waals surface area contributed by atoms with Gasteiger partial charge in [-0.05, 0) is 11.6 Å². The van der Waals surface area contributed by atoms with E-state index < -0.39 is 0 Å². The third-order valence-corrected chi connectivity index (χ3v) is 2.44. The number of aldehydes is 1. The topological polar surface area (TPSA) is 26.3 Å². The third kappa shape index (κ3) is 1.32. The maximum atomic E-state index is 10.4. The number of rotatable bonds is 2. The van der Waals surface area contributed by atoms with E-state index in [-0.39, 0.29) is 0 Å². The standard InChI is InChI=1S/C11H12O2/c1-8-7-13-10-4-2-3-9(5-6-12)11(8)10/h2-4,6,8H,5,7H2,1H3. The van der Waals surface area contributed by atoms with Crippen molar-refractivity contribution in [2.75, 3.05) is 6.61 Å². The Morgan fingerprint density at radius 3 is 3.23 bits per heavy atom. The molecule has 2 rings (SSSR count). The average molecular weight is 176 g/mol.